The van der Waals surface area contributed by atoms with E-state index in [4.69, 9.17) is 0 Å². The molecule has 0 bridgehead atoms. The lowest BCUT2D eigenvalue weighted by atomic mass is 10.2. The molecule has 7 heteroatoms. The van der Waals surface area contributed by atoms with Gasteiger partial charge in [0.2, 0.25) is 5.91 Å². The average Bonchev–Trinajstić information content (AvgIpc) is 2.67. The van der Waals surface area contributed by atoms with E-state index >= 15 is 0 Å². The van der Waals surface area contributed by atoms with Crippen molar-refractivity contribution in [2.24, 2.45) is 0 Å². The van der Waals surface area contributed by atoms with Crippen LogP contribution in [0.3, 0.4) is 0 Å². The number of aromatic nitrogens is 3. The summed E-state index contributed by atoms with van der Waals surface area (Å²) in [6.45, 7) is 7.21. The first-order chi connectivity index (χ1) is 12.7. The fourth-order valence-electron chi connectivity index (χ4n) is 2.97. The van der Waals surface area contributed by atoms with Crippen molar-refractivity contribution >= 4 is 23.4 Å². The van der Waals surface area contributed by atoms with Gasteiger partial charge in [0, 0.05) is 38.8 Å². The normalized spacial score (nSPS) is 14.4. The first-order valence-corrected chi connectivity index (χ1v) is 9.22. The van der Waals surface area contributed by atoms with Crippen LogP contribution in [0.25, 0.3) is 0 Å². The van der Waals surface area contributed by atoms with Crippen molar-refractivity contribution in [2.75, 3.05) is 36.4 Å². The van der Waals surface area contributed by atoms with E-state index in [1.807, 2.05) is 36.1 Å². The molecular weight excluding hydrogens is 328 g/mol. The molecule has 2 aromatic heterocycles. The Bertz CT molecular complexity index is 725. The summed E-state index contributed by atoms with van der Waals surface area (Å²) < 4.78 is 0. The van der Waals surface area contributed by atoms with Gasteiger partial charge in [0.05, 0.1) is 0 Å². The average molecular weight is 354 g/mol. The van der Waals surface area contributed by atoms with E-state index in [1.165, 1.54) is 0 Å². The van der Waals surface area contributed by atoms with Crippen molar-refractivity contribution in [3.8, 4) is 0 Å². The lowest BCUT2D eigenvalue weighted by Crippen LogP contribution is -2.49. The zero-order chi connectivity index (χ0) is 18.4. The Morgan fingerprint density at radius 3 is 2.58 bits per heavy atom. The number of rotatable bonds is 6. The van der Waals surface area contributed by atoms with Crippen LogP contribution in [0.2, 0.25) is 0 Å². The van der Waals surface area contributed by atoms with Gasteiger partial charge < -0.3 is 15.1 Å². The zero-order valence-electron chi connectivity index (χ0n) is 15.5. The van der Waals surface area contributed by atoms with Crippen LogP contribution in [0.5, 0.6) is 0 Å². The number of anilines is 3. The van der Waals surface area contributed by atoms with E-state index in [0.717, 1.165) is 56.2 Å². The lowest BCUT2D eigenvalue weighted by molar-refractivity contribution is -0.131. The van der Waals surface area contributed by atoms with Crippen molar-refractivity contribution in [1.82, 2.24) is 20.1 Å². The molecule has 1 aliphatic rings. The molecule has 0 aliphatic carbocycles. The fraction of sp³-hybridized carbons (Fsp3) is 0.474. The van der Waals surface area contributed by atoms with Crippen molar-refractivity contribution in [2.45, 2.75) is 33.1 Å². The molecule has 2 aromatic rings. The Labute approximate surface area is 154 Å². The number of nitrogens with zero attached hydrogens (tertiary/aromatic N) is 5. The minimum atomic E-state index is 0.266. The van der Waals surface area contributed by atoms with Gasteiger partial charge in [-0.2, -0.15) is 0 Å². The molecule has 3 heterocycles. The maximum absolute atomic E-state index is 12.1. The summed E-state index contributed by atoms with van der Waals surface area (Å²) in [7, 11) is 0. The van der Waals surface area contributed by atoms with Gasteiger partial charge in [0.25, 0.3) is 0 Å². The maximum atomic E-state index is 12.1. The summed E-state index contributed by atoms with van der Waals surface area (Å²) >= 11 is 0. The van der Waals surface area contributed by atoms with E-state index in [9.17, 15) is 4.79 Å². The summed E-state index contributed by atoms with van der Waals surface area (Å²) in [6.07, 6.45) is 4.44. The molecule has 1 fully saturated rings. The number of hydrogen-bond donors (Lipinski definition) is 1. The second-order valence-corrected chi connectivity index (χ2v) is 6.59. The number of aryl methyl sites for hydroxylation is 1. The largest absolute Gasteiger partial charge is 0.352 e. The Kier molecular flexibility index (Phi) is 5.99. The number of amides is 1. The molecule has 0 atom stereocenters. The number of carbonyl (C=O) groups is 1. The Morgan fingerprint density at radius 1 is 1.12 bits per heavy atom. The maximum Gasteiger partial charge on any atom is 0.222 e. The third-order valence-electron chi connectivity index (χ3n) is 4.52. The molecule has 138 valence electrons. The van der Waals surface area contributed by atoms with Gasteiger partial charge >= 0.3 is 0 Å². The van der Waals surface area contributed by atoms with Gasteiger partial charge in [-0.1, -0.05) is 13.3 Å². The third-order valence-corrected chi connectivity index (χ3v) is 4.52. The highest BCUT2D eigenvalue weighted by Gasteiger charge is 2.21. The second kappa shape index (κ2) is 8.60. The van der Waals surface area contributed by atoms with E-state index in [0.29, 0.717) is 12.2 Å². The molecule has 0 unspecified atom stereocenters. The monoisotopic (exact) mass is 354 g/mol. The molecule has 7 nitrogen and oxygen atoms in total. The zero-order valence-corrected chi connectivity index (χ0v) is 15.5. The molecule has 0 aromatic carbocycles. The predicted octanol–water partition coefficient (Wildman–Crippen LogP) is 2.76. The van der Waals surface area contributed by atoms with Crippen LogP contribution in [0.15, 0.2) is 30.5 Å². The van der Waals surface area contributed by atoms with Gasteiger partial charge in [-0.15, -0.1) is 10.2 Å². The second-order valence-electron chi connectivity index (χ2n) is 6.59. The Hall–Kier alpha value is -2.70. The highest BCUT2D eigenvalue weighted by atomic mass is 16.2. The first-order valence-electron chi connectivity index (χ1n) is 9.22. The lowest BCUT2D eigenvalue weighted by Gasteiger charge is -2.35. The van der Waals surface area contributed by atoms with Crippen LogP contribution < -0.4 is 10.2 Å². The molecular formula is C19H26N6O. The van der Waals surface area contributed by atoms with Gasteiger partial charge in [-0.3, -0.25) is 4.79 Å². The third kappa shape index (κ3) is 4.68. The Balaban J connectivity index is 1.54. The molecule has 1 N–H and O–H groups in total. The molecule has 1 aliphatic heterocycles. The number of carbonyl (C=O) groups excluding carboxylic acids is 1. The molecule has 0 saturated carbocycles. The van der Waals surface area contributed by atoms with Crippen molar-refractivity contribution in [3.63, 3.8) is 0 Å². The van der Waals surface area contributed by atoms with Crippen LogP contribution in [0.1, 0.15) is 31.7 Å². The Morgan fingerprint density at radius 2 is 1.92 bits per heavy atom. The smallest absolute Gasteiger partial charge is 0.222 e. The number of piperazine rings is 1. The van der Waals surface area contributed by atoms with Crippen molar-refractivity contribution in [1.29, 1.82) is 0 Å². The predicted molar refractivity (Wildman–Crippen MR) is 103 cm³/mol. The van der Waals surface area contributed by atoms with Gasteiger partial charge in [-0.05, 0) is 43.2 Å². The quantitative estimate of drug-likeness (QED) is 0.860. The van der Waals surface area contributed by atoms with Crippen LogP contribution in [0.4, 0.5) is 17.5 Å². The number of hydrogen-bond acceptors (Lipinski definition) is 6. The van der Waals surface area contributed by atoms with E-state index < -0.39 is 0 Å². The highest BCUT2D eigenvalue weighted by molar-refractivity contribution is 5.76. The minimum absolute atomic E-state index is 0.266. The molecule has 3 rings (SSSR count). The van der Waals surface area contributed by atoms with Crippen LogP contribution >= 0.6 is 0 Å². The number of pyridine rings is 1. The summed E-state index contributed by atoms with van der Waals surface area (Å²) in [5.41, 5.74) is 1.14. The van der Waals surface area contributed by atoms with Crippen LogP contribution in [0, 0.1) is 6.92 Å². The minimum Gasteiger partial charge on any atom is -0.352 e. The van der Waals surface area contributed by atoms with Gasteiger partial charge in [0.1, 0.15) is 5.82 Å². The molecule has 26 heavy (non-hydrogen) atoms. The molecule has 1 amide bonds. The number of nitrogens with one attached hydrogen (secondary N) is 1. The summed E-state index contributed by atoms with van der Waals surface area (Å²) in [5, 5.41) is 11.7. The standard InChI is InChI=1S/C19H26N6O/c1-3-4-5-19(26)25-12-10-24(11-13-25)18-7-6-16(22-23-18)21-17-14-15(2)8-9-20-17/h6-9,14H,3-5,10-13H2,1-2H3,(H,20,21,22). The van der Waals surface area contributed by atoms with Gasteiger partial charge in [0.15, 0.2) is 11.6 Å². The summed E-state index contributed by atoms with van der Waals surface area (Å²) in [6, 6.07) is 7.78. The summed E-state index contributed by atoms with van der Waals surface area (Å²) in [5.74, 6) is 2.53. The van der Waals surface area contributed by atoms with Crippen LogP contribution in [-0.4, -0.2) is 52.2 Å². The SMILES string of the molecule is CCCCC(=O)N1CCN(c2ccc(Nc3cc(C)ccn3)nn2)CC1. The first kappa shape index (κ1) is 18.1. The molecule has 1 saturated heterocycles. The molecule has 0 spiro atoms. The van der Waals surface area contributed by atoms with E-state index in [1.54, 1.807) is 6.20 Å². The molecule has 0 radical (unpaired) electrons. The topological polar surface area (TPSA) is 74.2 Å². The fourth-order valence-corrected chi connectivity index (χ4v) is 2.97. The van der Waals surface area contributed by atoms with Crippen molar-refractivity contribution < 1.29 is 4.79 Å². The van der Waals surface area contributed by atoms with E-state index in [2.05, 4.69) is 32.3 Å². The number of unbranched alkanes of at least 4 members (excludes halogenated alkanes) is 1. The summed E-state index contributed by atoms with van der Waals surface area (Å²) in [4.78, 5) is 20.5. The van der Waals surface area contributed by atoms with E-state index in [-0.39, 0.29) is 5.91 Å². The van der Waals surface area contributed by atoms with Gasteiger partial charge in [-0.25, -0.2) is 4.98 Å². The highest BCUT2D eigenvalue weighted by Crippen LogP contribution is 2.17. The van der Waals surface area contributed by atoms with Crippen molar-refractivity contribution in [3.05, 3.63) is 36.0 Å². The van der Waals surface area contributed by atoms with Crippen LogP contribution in [-0.2, 0) is 4.79 Å².